The Morgan fingerprint density at radius 2 is 2.33 bits per heavy atom. The number of aryl methyl sites for hydroxylation is 2. The lowest BCUT2D eigenvalue weighted by molar-refractivity contribution is -0.122. The van der Waals surface area contributed by atoms with Gasteiger partial charge in [0.1, 0.15) is 5.82 Å². The van der Waals surface area contributed by atoms with Gasteiger partial charge in [-0.05, 0) is 30.7 Å². The van der Waals surface area contributed by atoms with Gasteiger partial charge in [-0.2, -0.15) is 0 Å². The number of nitrogens with one attached hydrogen (secondary N) is 1. The lowest BCUT2D eigenvalue weighted by Crippen LogP contribution is -2.46. The van der Waals surface area contributed by atoms with Gasteiger partial charge >= 0.3 is 0 Å². The molecule has 0 spiro atoms. The van der Waals surface area contributed by atoms with E-state index in [1.165, 1.54) is 0 Å². The number of hydrogen-bond acceptors (Lipinski definition) is 4. The van der Waals surface area contributed by atoms with Crippen LogP contribution in [-0.2, 0) is 24.2 Å². The van der Waals surface area contributed by atoms with Crippen molar-refractivity contribution in [1.82, 2.24) is 19.8 Å². The molecule has 0 saturated heterocycles. The Balaban J connectivity index is 1.37. The van der Waals surface area contributed by atoms with E-state index >= 15 is 0 Å². The molecule has 2 aliphatic rings. The summed E-state index contributed by atoms with van der Waals surface area (Å²) in [5.41, 5.74) is 0.769. The molecular formula is C17H20N4O2S. The topological polar surface area (TPSA) is 67.2 Å². The Morgan fingerprint density at radius 3 is 3.25 bits per heavy atom. The maximum absolute atomic E-state index is 12.6. The van der Waals surface area contributed by atoms with Crippen LogP contribution in [0.25, 0.3) is 0 Å². The van der Waals surface area contributed by atoms with E-state index in [-0.39, 0.29) is 24.4 Å². The molecule has 7 heteroatoms. The second kappa shape index (κ2) is 6.39. The molecule has 2 amide bonds. The van der Waals surface area contributed by atoms with E-state index < -0.39 is 0 Å². The predicted molar refractivity (Wildman–Crippen MR) is 91.0 cm³/mol. The highest BCUT2D eigenvalue weighted by molar-refractivity contribution is 7.10. The molecule has 2 aliphatic heterocycles. The van der Waals surface area contributed by atoms with Crippen LogP contribution in [-0.4, -0.2) is 45.4 Å². The Labute approximate surface area is 144 Å². The van der Waals surface area contributed by atoms with Gasteiger partial charge < -0.3 is 14.8 Å². The first-order valence-electron chi connectivity index (χ1n) is 8.36. The highest BCUT2D eigenvalue weighted by Crippen LogP contribution is 2.23. The van der Waals surface area contributed by atoms with Crippen molar-refractivity contribution >= 4 is 23.2 Å². The Kier molecular flexibility index (Phi) is 4.10. The number of thiophene rings is 1. The van der Waals surface area contributed by atoms with Crippen LogP contribution in [0, 0.1) is 0 Å². The molecule has 0 aliphatic carbocycles. The van der Waals surface area contributed by atoms with Crippen LogP contribution >= 0.6 is 11.3 Å². The van der Waals surface area contributed by atoms with Gasteiger partial charge in [-0.15, -0.1) is 11.3 Å². The first-order chi connectivity index (χ1) is 11.7. The fourth-order valence-electron chi connectivity index (χ4n) is 3.51. The lowest BCUT2D eigenvalue weighted by Gasteiger charge is -2.26. The largest absolute Gasteiger partial charge is 0.350 e. The van der Waals surface area contributed by atoms with Crippen molar-refractivity contribution in [2.45, 2.75) is 38.3 Å². The number of amides is 2. The number of rotatable bonds is 3. The molecule has 2 aromatic rings. The normalized spacial score (nSPS) is 20.2. The molecule has 126 valence electrons. The number of fused-ring (bicyclic) bond motifs is 2. The molecular weight excluding hydrogens is 324 g/mol. The summed E-state index contributed by atoms with van der Waals surface area (Å²) >= 11 is 1.63. The maximum atomic E-state index is 12.6. The van der Waals surface area contributed by atoms with Gasteiger partial charge in [-0.1, -0.05) is 0 Å². The van der Waals surface area contributed by atoms with Crippen molar-refractivity contribution < 1.29 is 9.59 Å². The van der Waals surface area contributed by atoms with Gasteiger partial charge in [0.25, 0.3) is 5.91 Å². The van der Waals surface area contributed by atoms with Crippen LogP contribution in [0.5, 0.6) is 0 Å². The van der Waals surface area contributed by atoms with Crippen LogP contribution in [0.2, 0.25) is 0 Å². The second-order valence-corrected chi connectivity index (χ2v) is 7.39. The Hall–Kier alpha value is -2.15. The monoisotopic (exact) mass is 344 g/mol. The van der Waals surface area contributed by atoms with E-state index in [1.807, 2.05) is 17.6 Å². The standard InChI is InChI=1S/C17H20N4O2S/c22-16(19-12-3-4-15-18-6-8-20(15)10-12)11-21-7-1-2-14-13(17(21)23)5-9-24-14/h5-6,8-9,12H,1-4,7,10-11H2,(H,19,22)/t12-/m1/s1. The van der Waals surface area contributed by atoms with Crippen LogP contribution in [0.1, 0.15) is 33.9 Å². The Bertz CT molecular complexity index is 766. The summed E-state index contributed by atoms with van der Waals surface area (Å²) in [7, 11) is 0. The van der Waals surface area contributed by atoms with Crippen molar-refractivity contribution in [2.24, 2.45) is 0 Å². The summed E-state index contributed by atoms with van der Waals surface area (Å²) < 4.78 is 2.09. The van der Waals surface area contributed by atoms with Crippen LogP contribution in [0.3, 0.4) is 0 Å². The zero-order chi connectivity index (χ0) is 16.5. The number of aromatic nitrogens is 2. The van der Waals surface area contributed by atoms with Crippen molar-refractivity contribution in [3.05, 3.63) is 40.1 Å². The molecule has 4 heterocycles. The number of imidazole rings is 1. The zero-order valence-electron chi connectivity index (χ0n) is 13.4. The van der Waals surface area contributed by atoms with Crippen LogP contribution in [0.4, 0.5) is 0 Å². The number of carbonyl (C=O) groups excluding carboxylic acids is 2. The molecule has 0 fully saturated rings. The van der Waals surface area contributed by atoms with Crippen LogP contribution < -0.4 is 5.32 Å². The summed E-state index contributed by atoms with van der Waals surface area (Å²) in [5.74, 6) is 0.989. The molecule has 2 aromatic heterocycles. The van der Waals surface area contributed by atoms with E-state index in [0.717, 1.165) is 48.5 Å². The van der Waals surface area contributed by atoms with Gasteiger partial charge in [0, 0.05) is 42.8 Å². The molecule has 0 saturated carbocycles. The molecule has 1 N–H and O–H groups in total. The molecule has 4 rings (SSSR count). The highest BCUT2D eigenvalue weighted by atomic mass is 32.1. The molecule has 0 unspecified atom stereocenters. The van der Waals surface area contributed by atoms with Crippen molar-refractivity contribution in [2.75, 3.05) is 13.1 Å². The van der Waals surface area contributed by atoms with Gasteiger partial charge in [-0.25, -0.2) is 4.98 Å². The SMILES string of the molecule is O=C(CN1CCCc2sccc2C1=O)N[C@@H]1CCc2nccn2C1. The third-order valence-corrected chi connectivity index (χ3v) is 5.71. The molecule has 0 radical (unpaired) electrons. The highest BCUT2D eigenvalue weighted by Gasteiger charge is 2.26. The van der Waals surface area contributed by atoms with Crippen molar-refractivity contribution in [1.29, 1.82) is 0 Å². The van der Waals surface area contributed by atoms with Gasteiger partial charge in [0.2, 0.25) is 5.91 Å². The smallest absolute Gasteiger partial charge is 0.255 e. The maximum Gasteiger partial charge on any atom is 0.255 e. The minimum atomic E-state index is -0.0735. The first-order valence-corrected chi connectivity index (χ1v) is 9.23. The number of hydrogen-bond donors (Lipinski definition) is 1. The van der Waals surface area contributed by atoms with Crippen molar-refractivity contribution in [3.63, 3.8) is 0 Å². The van der Waals surface area contributed by atoms with Crippen LogP contribution in [0.15, 0.2) is 23.8 Å². The average Bonchev–Trinajstić information content (AvgIpc) is 3.19. The zero-order valence-corrected chi connectivity index (χ0v) is 14.2. The number of carbonyl (C=O) groups is 2. The fraction of sp³-hybridized carbons (Fsp3) is 0.471. The van der Waals surface area contributed by atoms with E-state index in [9.17, 15) is 9.59 Å². The Morgan fingerprint density at radius 1 is 1.42 bits per heavy atom. The minimum Gasteiger partial charge on any atom is -0.350 e. The van der Waals surface area contributed by atoms with E-state index in [2.05, 4.69) is 14.9 Å². The predicted octanol–water partition coefficient (Wildman–Crippen LogP) is 1.46. The van der Waals surface area contributed by atoms with Crippen molar-refractivity contribution in [3.8, 4) is 0 Å². The lowest BCUT2D eigenvalue weighted by atomic mass is 10.1. The molecule has 24 heavy (non-hydrogen) atoms. The number of nitrogens with zero attached hydrogens (tertiary/aromatic N) is 3. The third-order valence-electron chi connectivity index (χ3n) is 4.73. The fourth-order valence-corrected chi connectivity index (χ4v) is 4.42. The van der Waals surface area contributed by atoms with E-state index in [0.29, 0.717) is 6.54 Å². The second-order valence-electron chi connectivity index (χ2n) is 6.39. The summed E-state index contributed by atoms with van der Waals surface area (Å²) in [5, 5.41) is 5.03. The van der Waals surface area contributed by atoms with Gasteiger partial charge in [0.15, 0.2) is 0 Å². The minimum absolute atomic E-state index is 0.0144. The summed E-state index contributed by atoms with van der Waals surface area (Å²) in [4.78, 5) is 32.1. The molecule has 0 bridgehead atoms. The third kappa shape index (κ3) is 2.96. The first kappa shape index (κ1) is 15.4. The van der Waals surface area contributed by atoms with E-state index in [1.54, 1.807) is 22.4 Å². The molecule has 0 aromatic carbocycles. The molecule has 1 atom stereocenters. The summed E-state index contributed by atoms with van der Waals surface area (Å²) in [6, 6.07) is 1.98. The average molecular weight is 344 g/mol. The summed E-state index contributed by atoms with van der Waals surface area (Å²) in [6.07, 6.45) is 7.35. The van der Waals surface area contributed by atoms with Gasteiger partial charge in [-0.3, -0.25) is 9.59 Å². The van der Waals surface area contributed by atoms with Gasteiger partial charge in [0.05, 0.1) is 12.1 Å². The van der Waals surface area contributed by atoms with E-state index in [4.69, 9.17) is 0 Å². The quantitative estimate of drug-likeness (QED) is 0.917. The molecule has 6 nitrogen and oxygen atoms in total. The summed E-state index contributed by atoms with van der Waals surface area (Å²) in [6.45, 7) is 1.54.